The first-order chi connectivity index (χ1) is 17.1. The molecule has 0 spiro atoms. The predicted octanol–water partition coefficient (Wildman–Crippen LogP) is 5.25. The van der Waals surface area contributed by atoms with E-state index < -0.39 is 0 Å². The molecule has 0 fully saturated rings. The SMILES string of the molecule is CCc1c(C(c2ccccc2)c2ccccc2)nn2cc(C)c(C(=O)Nc3ncn(CC)n3)cc12. The number of anilines is 1. The van der Waals surface area contributed by atoms with E-state index in [-0.39, 0.29) is 11.8 Å². The van der Waals surface area contributed by atoms with E-state index in [4.69, 9.17) is 5.10 Å². The number of hydrogen-bond donors (Lipinski definition) is 1. The number of pyridine rings is 1. The second kappa shape index (κ2) is 9.54. The van der Waals surface area contributed by atoms with Gasteiger partial charge >= 0.3 is 0 Å². The number of rotatable bonds is 7. The monoisotopic (exact) mass is 464 g/mol. The van der Waals surface area contributed by atoms with Gasteiger partial charge in [0, 0.05) is 23.9 Å². The van der Waals surface area contributed by atoms with Gasteiger partial charge in [0.2, 0.25) is 5.95 Å². The molecule has 0 aliphatic heterocycles. The molecule has 0 aliphatic rings. The number of carbonyl (C=O) groups excluding carboxylic acids is 1. The molecule has 176 valence electrons. The maximum Gasteiger partial charge on any atom is 0.258 e. The van der Waals surface area contributed by atoms with Crippen LogP contribution >= 0.6 is 0 Å². The van der Waals surface area contributed by atoms with Gasteiger partial charge in [-0.15, -0.1) is 5.10 Å². The third-order valence-corrected chi connectivity index (χ3v) is 6.33. The number of carbonyl (C=O) groups is 1. The Hall–Kier alpha value is -4.26. The molecule has 0 aliphatic carbocycles. The van der Waals surface area contributed by atoms with Gasteiger partial charge in [0.1, 0.15) is 6.33 Å². The van der Waals surface area contributed by atoms with E-state index in [1.807, 2.05) is 42.8 Å². The fourth-order valence-electron chi connectivity index (χ4n) is 4.57. The number of nitrogens with one attached hydrogen (secondary N) is 1. The molecule has 5 aromatic rings. The largest absolute Gasteiger partial charge is 0.289 e. The average Bonchev–Trinajstić information content (AvgIpc) is 3.48. The highest BCUT2D eigenvalue weighted by Crippen LogP contribution is 2.35. The first-order valence-electron chi connectivity index (χ1n) is 11.9. The van der Waals surface area contributed by atoms with Crippen molar-refractivity contribution in [2.75, 3.05) is 5.32 Å². The van der Waals surface area contributed by atoms with E-state index in [2.05, 4.69) is 70.9 Å². The van der Waals surface area contributed by atoms with Crippen LogP contribution in [0.2, 0.25) is 0 Å². The molecule has 1 N–H and O–H groups in total. The van der Waals surface area contributed by atoms with E-state index in [1.54, 1.807) is 11.0 Å². The van der Waals surface area contributed by atoms with Crippen LogP contribution in [0, 0.1) is 6.92 Å². The van der Waals surface area contributed by atoms with Crippen LogP contribution in [-0.4, -0.2) is 30.3 Å². The van der Waals surface area contributed by atoms with Crippen molar-refractivity contribution in [2.24, 2.45) is 0 Å². The zero-order valence-corrected chi connectivity index (χ0v) is 20.1. The van der Waals surface area contributed by atoms with Crippen molar-refractivity contribution < 1.29 is 4.79 Å². The molecular formula is C28H28N6O. The minimum Gasteiger partial charge on any atom is -0.289 e. The van der Waals surface area contributed by atoms with Gasteiger partial charge in [0.25, 0.3) is 5.91 Å². The van der Waals surface area contributed by atoms with Crippen molar-refractivity contribution in [3.8, 4) is 0 Å². The molecule has 0 atom stereocenters. The Morgan fingerprint density at radius 3 is 2.20 bits per heavy atom. The third-order valence-electron chi connectivity index (χ3n) is 6.33. The highest BCUT2D eigenvalue weighted by atomic mass is 16.1. The summed E-state index contributed by atoms with van der Waals surface area (Å²) in [5.41, 5.74) is 6.85. The van der Waals surface area contributed by atoms with Gasteiger partial charge < -0.3 is 0 Å². The minimum atomic E-state index is -0.230. The van der Waals surface area contributed by atoms with E-state index in [1.165, 1.54) is 11.1 Å². The van der Waals surface area contributed by atoms with Gasteiger partial charge in [-0.3, -0.25) is 14.8 Å². The molecule has 0 saturated carbocycles. The second-order valence-corrected chi connectivity index (χ2v) is 8.55. The number of fused-ring (bicyclic) bond motifs is 1. The molecule has 0 unspecified atom stereocenters. The highest BCUT2D eigenvalue weighted by Gasteiger charge is 2.25. The van der Waals surface area contributed by atoms with Crippen molar-refractivity contribution in [1.29, 1.82) is 0 Å². The summed E-state index contributed by atoms with van der Waals surface area (Å²) in [5.74, 6) is 0.0626. The van der Waals surface area contributed by atoms with Crippen LogP contribution in [0.25, 0.3) is 5.52 Å². The van der Waals surface area contributed by atoms with Gasteiger partial charge in [-0.05, 0) is 43.0 Å². The van der Waals surface area contributed by atoms with Crippen molar-refractivity contribution >= 4 is 17.4 Å². The molecule has 35 heavy (non-hydrogen) atoms. The quantitative estimate of drug-likeness (QED) is 0.357. The number of amides is 1. The number of hydrogen-bond acceptors (Lipinski definition) is 4. The highest BCUT2D eigenvalue weighted by molar-refractivity contribution is 6.05. The van der Waals surface area contributed by atoms with Crippen LogP contribution < -0.4 is 5.32 Å². The van der Waals surface area contributed by atoms with Gasteiger partial charge in [-0.25, -0.2) is 9.50 Å². The van der Waals surface area contributed by atoms with E-state index in [0.717, 1.165) is 28.8 Å². The van der Waals surface area contributed by atoms with E-state index >= 15 is 0 Å². The predicted molar refractivity (Wildman–Crippen MR) is 137 cm³/mol. The van der Waals surface area contributed by atoms with Crippen LogP contribution in [0.1, 0.15) is 58.1 Å². The maximum atomic E-state index is 13.1. The Morgan fingerprint density at radius 1 is 0.971 bits per heavy atom. The summed E-state index contributed by atoms with van der Waals surface area (Å²) in [4.78, 5) is 17.3. The minimum absolute atomic E-state index is 0.00737. The number of aryl methyl sites for hydroxylation is 3. The van der Waals surface area contributed by atoms with E-state index in [9.17, 15) is 4.79 Å². The summed E-state index contributed by atoms with van der Waals surface area (Å²) in [6, 6.07) is 22.8. The van der Waals surface area contributed by atoms with Crippen LogP contribution in [0.3, 0.4) is 0 Å². The Bertz CT molecular complexity index is 1430. The van der Waals surface area contributed by atoms with Crippen molar-refractivity contribution in [1.82, 2.24) is 24.4 Å². The van der Waals surface area contributed by atoms with Crippen molar-refractivity contribution in [3.63, 3.8) is 0 Å². The zero-order chi connectivity index (χ0) is 24.4. The van der Waals surface area contributed by atoms with E-state index in [0.29, 0.717) is 18.1 Å². The molecule has 7 nitrogen and oxygen atoms in total. The molecule has 0 saturated heterocycles. The van der Waals surface area contributed by atoms with Crippen LogP contribution in [0.5, 0.6) is 0 Å². The Kier molecular flexibility index (Phi) is 6.14. The number of aromatic nitrogens is 5. The molecule has 2 aromatic carbocycles. The van der Waals surface area contributed by atoms with Crippen molar-refractivity contribution in [3.05, 3.63) is 113 Å². The second-order valence-electron chi connectivity index (χ2n) is 8.55. The van der Waals surface area contributed by atoms with Gasteiger partial charge in [-0.1, -0.05) is 67.6 Å². The Balaban J connectivity index is 1.61. The van der Waals surface area contributed by atoms with Crippen LogP contribution in [0.15, 0.2) is 79.3 Å². The van der Waals surface area contributed by atoms with Crippen LogP contribution in [0.4, 0.5) is 5.95 Å². The molecule has 0 radical (unpaired) electrons. The fourth-order valence-corrected chi connectivity index (χ4v) is 4.57. The normalized spacial score (nSPS) is 11.3. The Morgan fingerprint density at radius 2 is 1.63 bits per heavy atom. The Labute approximate surface area is 204 Å². The lowest BCUT2D eigenvalue weighted by Gasteiger charge is -2.17. The topological polar surface area (TPSA) is 77.1 Å². The van der Waals surface area contributed by atoms with Crippen molar-refractivity contribution in [2.45, 2.75) is 39.7 Å². The lowest BCUT2D eigenvalue weighted by molar-refractivity contribution is 0.102. The lowest BCUT2D eigenvalue weighted by Crippen LogP contribution is -2.15. The van der Waals surface area contributed by atoms with Crippen LogP contribution in [-0.2, 0) is 13.0 Å². The molecule has 3 aromatic heterocycles. The molecular weight excluding hydrogens is 436 g/mol. The molecule has 0 bridgehead atoms. The first-order valence-corrected chi connectivity index (χ1v) is 11.9. The fraction of sp³-hybridized carbons (Fsp3) is 0.214. The summed E-state index contributed by atoms with van der Waals surface area (Å²) in [6.45, 7) is 6.72. The molecule has 5 rings (SSSR count). The summed E-state index contributed by atoms with van der Waals surface area (Å²) < 4.78 is 3.58. The smallest absolute Gasteiger partial charge is 0.258 e. The lowest BCUT2D eigenvalue weighted by atomic mass is 9.86. The van der Waals surface area contributed by atoms with Gasteiger partial charge in [0.15, 0.2) is 0 Å². The first kappa shape index (κ1) is 22.5. The maximum absolute atomic E-state index is 13.1. The summed E-state index contributed by atoms with van der Waals surface area (Å²) in [5, 5.41) is 12.1. The van der Waals surface area contributed by atoms with Gasteiger partial charge in [-0.2, -0.15) is 5.10 Å². The summed E-state index contributed by atoms with van der Waals surface area (Å²) in [6.07, 6.45) is 4.33. The number of benzene rings is 2. The average molecular weight is 465 g/mol. The molecule has 3 heterocycles. The third kappa shape index (κ3) is 4.33. The molecule has 7 heteroatoms. The molecule has 1 amide bonds. The number of nitrogens with zero attached hydrogens (tertiary/aromatic N) is 5. The van der Waals surface area contributed by atoms with Gasteiger partial charge in [0.05, 0.1) is 17.1 Å². The summed E-state index contributed by atoms with van der Waals surface area (Å²) >= 11 is 0. The summed E-state index contributed by atoms with van der Waals surface area (Å²) in [7, 11) is 0. The zero-order valence-electron chi connectivity index (χ0n) is 20.1. The standard InChI is InChI=1S/C28H28N6O/c1-4-22-24-16-23(27(35)30-28-29-18-33(5-2)32-28)19(3)17-34(24)31-26(22)25(20-12-8-6-9-13-20)21-14-10-7-11-15-21/h6-18,25H,4-5H2,1-3H3,(H,30,32,35).